The lowest BCUT2D eigenvalue weighted by Crippen LogP contribution is -2.35. The van der Waals surface area contributed by atoms with Crippen molar-refractivity contribution in [1.29, 1.82) is 0 Å². The van der Waals surface area contributed by atoms with Gasteiger partial charge in [0.1, 0.15) is 5.75 Å². The van der Waals surface area contributed by atoms with E-state index in [1.807, 2.05) is 42.5 Å². The first kappa shape index (κ1) is 22.6. The number of carbonyl (C=O) groups is 1. The number of ether oxygens (including phenoxy) is 2. The topological polar surface area (TPSA) is 54.0 Å². The second-order valence-electron chi connectivity index (χ2n) is 9.32. The number of carbonyl (C=O) groups excluding carboxylic acids is 1. The van der Waals surface area contributed by atoms with Crippen LogP contribution >= 0.6 is 0 Å². The van der Waals surface area contributed by atoms with Gasteiger partial charge in [-0.2, -0.15) is 0 Å². The van der Waals surface area contributed by atoms with Gasteiger partial charge in [-0.3, -0.25) is 9.69 Å². The van der Waals surface area contributed by atoms with Crippen molar-refractivity contribution in [1.82, 2.24) is 4.90 Å². The zero-order valence-corrected chi connectivity index (χ0v) is 20.2. The highest BCUT2D eigenvalue weighted by atomic mass is 16.5. The van der Waals surface area contributed by atoms with Gasteiger partial charge in [-0.15, -0.1) is 0 Å². The minimum absolute atomic E-state index is 0.124. The molecule has 0 aliphatic carbocycles. The van der Waals surface area contributed by atoms with Crippen LogP contribution in [0.4, 0.5) is 11.4 Å². The molecule has 6 nitrogen and oxygen atoms in total. The quantitative estimate of drug-likeness (QED) is 0.422. The van der Waals surface area contributed by atoms with Crippen LogP contribution in [0.3, 0.4) is 0 Å². The summed E-state index contributed by atoms with van der Waals surface area (Å²) in [6.45, 7) is 5.57. The predicted octanol–water partition coefficient (Wildman–Crippen LogP) is 5.28. The standard InChI is InChI=1S/C30H29N3O3/c34-30(31-25-11-8-22(9-12-25)19-32-14-16-35-17-15-32)24-5-3-6-26(18-24)33-20-28-27-7-2-1-4-23(27)10-13-29(28)36-21-33/h1-13,18H,14-17,19-21H2,(H,31,34). The van der Waals surface area contributed by atoms with E-state index >= 15 is 0 Å². The molecule has 1 amide bonds. The fourth-order valence-corrected chi connectivity index (χ4v) is 4.92. The van der Waals surface area contributed by atoms with E-state index < -0.39 is 0 Å². The van der Waals surface area contributed by atoms with Crippen LogP contribution in [0.15, 0.2) is 84.9 Å². The lowest BCUT2D eigenvalue weighted by Gasteiger charge is -2.31. The summed E-state index contributed by atoms with van der Waals surface area (Å²) in [6, 6.07) is 28.3. The van der Waals surface area contributed by atoms with E-state index in [1.54, 1.807) is 0 Å². The summed E-state index contributed by atoms with van der Waals surface area (Å²) in [6.07, 6.45) is 0. The van der Waals surface area contributed by atoms with Gasteiger partial charge >= 0.3 is 0 Å². The Labute approximate surface area is 211 Å². The first-order chi connectivity index (χ1) is 17.7. The monoisotopic (exact) mass is 479 g/mol. The van der Waals surface area contributed by atoms with Crippen LogP contribution in [-0.4, -0.2) is 43.8 Å². The van der Waals surface area contributed by atoms with E-state index in [9.17, 15) is 4.79 Å². The maximum atomic E-state index is 13.0. The smallest absolute Gasteiger partial charge is 0.255 e. The molecule has 2 aliphatic rings. The molecule has 2 aliphatic heterocycles. The van der Waals surface area contributed by atoms with Crippen LogP contribution in [-0.2, 0) is 17.8 Å². The first-order valence-corrected chi connectivity index (χ1v) is 12.4. The molecule has 1 fully saturated rings. The van der Waals surface area contributed by atoms with Crippen molar-refractivity contribution in [2.45, 2.75) is 13.1 Å². The van der Waals surface area contributed by atoms with Crippen molar-refractivity contribution in [2.24, 2.45) is 0 Å². The molecule has 4 aromatic carbocycles. The summed E-state index contributed by atoms with van der Waals surface area (Å²) in [5, 5.41) is 5.44. The Kier molecular flexibility index (Phi) is 6.28. The van der Waals surface area contributed by atoms with Gasteiger partial charge in [0.15, 0.2) is 6.73 Å². The second kappa shape index (κ2) is 10.0. The Bertz CT molecular complexity index is 1380. The molecular formula is C30H29N3O3. The Morgan fingerprint density at radius 1 is 0.889 bits per heavy atom. The average molecular weight is 480 g/mol. The molecule has 2 heterocycles. The zero-order valence-electron chi connectivity index (χ0n) is 20.2. The van der Waals surface area contributed by atoms with Crippen LogP contribution < -0.4 is 15.0 Å². The van der Waals surface area contributed by atoms with E-state index in [2.05, 4.69) is 57.6 Å². The highest BCUT2D eigenvalue weighted by molar-refractivity contribution is 6.04. The fourth-order valence-electron chi connectivity index (χ4n) is 4.92. The molecule has 0 spiro atoms. The summed E-state index contributed by atoms with van der Waals surface area (Å²) >= 11 is 0. The number of rotatable bonds is 5. The molecule has 6 heteroatoms. The van der Waals surface area contributed by atoms with Crippen molar-refractivity contribution in [3.63, 3.8) is 0 Å². The van der Waals surface area contributed by atoms with E-state index in [0.29, 0.717) is 12.3 Å². The number of amides is 1. The molecule has 6 rings (SSSR count). The number of hydrogen-bond donors (Lipinski definition) is 1. The average Bonchev–Trinajstić information content (AvgIpc) is 2.94. The van der Waals surface area contributed by atoms with Crippen molar-refractivity contribution in [2.75, 3.05) is 43.3 Å². The van der Waals surface area contributed by atoms with Crippen LogP contribution in [0.1, 0.15) is 21.5 Å². The van der Waals surface area contributed by atoms with Crippen LogP contribution in [0.25, 0.3) is 10.8 Å². The van der Waals surface area contributed by atoms with Crippen molar-refractivity contribution in [3.8, 4) is 5.75 Å². The van der Waals surface area contributed by atoms with Gasteiger partial charge in [-0.1, -0.05) is 48.5 Å². The van der Waals surface area contributed by atoms with Gasteiger partial charge in [-0.25, -0.2) is 0 Å². The summed E-state index contributed by atoms with van der Waals surface area (Å²) in [7, 11) is 0. The third-order valence-corrected chi connectivity index (χ3v) is 6.92. The summed E-state index contributed by atoms with van der Waals surface area (Å²) in [4.78, 5) is 17.6. The summed E-state index contributed by atoms with van der Waals surface area (Å²) < 4.78 is 11.5. The minimum Gasteiger partial charge on any atom is -0.473 e. The van der Waals surface area contributed by atoms with Gasteiger partial charge in [0.25, 0.3) is 5.91 Å². The minimum atomic E-state index is -0.124. The fraction of sp³-hybridized carbons (Fsp3) is 0.233. The molecule has 0 saturated carbocycles. The van der Waals surface area contributed by atoms with Gasteiger partial charge in [-0.05, 0) is 52.7 Å². The number of hydrogen-bond acceptors (Lipinski definition) is 5. The van der Waals surface area contributed by atoms with E-state index in [-0.39, 0.29) is 5.91 Å². The number of anilines is 2. The first-order valence-electron chi connectivity index (χ1n) is 12.4. The third kappa shape index (κ3) is 4.78. The van der Waals surface area contributed by atoms with Crippen LogP contribution in [0.2, 0.25) is 0 Å². The maximum Gasteiger partial charge on any atom is 0.255 e. The number of nitrogens with zero attached hydrogens (tertiary/aromatic N) is 2. The van der Waals surface area contributed by atoms with Crippen molar-refractivity contribution < 1.29 is 14.3 Å². The number of fused-ring (bicyclic) bond motifs is 3. The zero-order chi connectivity index (χ0) is 24.3. The largest absolute Gasteiger partial charge is 0.473 e. The molecule has 4 aromatic rings. The Morgan fingerprint density at radius 3 is 2.58 bits per heavy atom. The molecule has 1 N–H and O–H groups in total. The van der Waals surface area contributed by atoms with E-state index in [0.717, 1.165) is 56.5 Å². The number of benzene rings is 4. The molecular weight excluding hydrogens is 450 g/mol. The van der Waals surface area contributed by atoms with Gasteiger partial charge < -0.3 is 19.7 Å². The molecule has 0 aromatic heterocycles. The number of nitrogens with one attached hydrogen (secondary N) is 1. The normalized spacial score (nSPS) is 15.8. The molecule has 1 saturated heterocycles. The van der Waals surface area contributed by atoms with Gasteiger partial charge in [0, 0.05) is 42.1 Å². The Balaban J connectivity index is 1.14. The third-order valence-electron chi connectivity index (χ3n) is 6.92. The highest BCUT2D eigenvalue weighted by Gasteiger charge is 2.21. The summed E-state index contributed by atoms with van der Waals surface area (Å²) in [5.74, 6) is 0.803. The van der Waals surface area contributed by atoms with E-state index in [4.69, 9.17) is 9.47 Å². The molecule has 182 valence electrons. The second-order valence-corrected chi connectivity index (χ2v) is 9.32. The van der Waals surface area contributed by atoms with Crippen molar-refractivity contribution in [3.05, 3.63) is 102 Å². The number of morpholine rings is 1. The summed E-state index contributed by atoms with van der Waals surface area (Å²) in [5.41, 5.74) is 4.77. The molecule has 0 bridgehead atoms. The Hall–Kier alpha value is -3.87. The Morgan fingerprint density at radius 2 is 1.72 bits per heavy atom. The lowest BCUT2D eigenvalue weighted by atomic mass is 10.0. The molecule has 0 atom stereocenters. The van der Waals surface area contributed by atoms with Gasteiger partial charge in [0.2, 0.25) is 0 Å². The molecule has 0 radical (unpaired) electrons. The molecule has 36 heavy (non-hydrogen) atoms. The molecule has 0 unspecified atom stereocenters. The van der Waals surface area contributed by atoms with Gasteiger partial charge in [0.05, 0.1) is 19.8 Å². The van der Waals surface area contributed by atoms with Crippen LogP contribution in [0.5, 0.6) is 5.75 Å². The maximum absolute atomic E-state index is 13.0. The SMILES string of the molecule is O=C(Nc1ccc(CN2CCOCC2)cc1)c1cccc(N2COc3ccc4ccccc4c3C2)c1. The van der Waals surface area contributed by atoms with Crippen molar-refractivity contribution >= 4 is 28.1 Å². The predicted molar refractivity (Wildman–Crippen MR) is 143 cm³/mol. The van der Waals surface area contributed by atoms with E-state index in [1.165, 1.54) is 21.9 Å². The van der Waals surface area contributed by atoms with Crippen LogP contribution in [0, 0.1) is 0 Å². The highest BCUT2D eigenvalue weighted by Crippen LogP contribution is 2.34. The lowest BCUT2D eigenvalue weighted by molar-refractivity contribution is 0.0342.